The third kappa shape index (κ3) is 6.22. The molecule has 0 spiro atoms. The van der Waals surface area contributed by atoms with Crippen molar-refractivity contribution in [3.05, 3.63) is 95.6 Å². The summed E-state index contributed by atoms with van der Waals surface area (Å²) in [5.74, 6) is 0. The summed E-state index contributed by atoms with van der Waals surface area (Å²) in [7, 11) is 0. The molecule has 1 aliphatic rings. The summed E-state index contributed by atoms with van der Waals surface area (Å²) in [6, 6.07) is 13.0. The Bertz CT molecular complexity index is 1020. The number of rotatable bonds is 8. The van der Waals surface area contributed by atoms with Crippen LogP contribution in [0.3, 0.4) is 0 Å². The average Bonchev–Trinajstić information content (AvgIpc) is 2.83. The van der Waals surface area contributed by atoms with Crippen molar-refractivity contribution in [2.45, 2.75) is 79.6 Å². The lowest BCUT2D eigenvalue weighted by atomic mass is 9.84. The van der Waals surface area contributed by atoms with Gasteiger partial charge in [-0.1, -0.05) is 114 Å². The van der Waals surface area contributed by atoms with E-state index in [-0.39, 0.29) is 0 Å². The van der Waals surface area contributed by atoms with Gasteiger partial charge >= 0.3 is 0 Å². The van der Waals surface area contributed by atoms with Crippen molar-refractivity contribution in [3.8, 4) is 0 Å². The van der Waals surface area contributed by atoms with Crippen LogP contribution in [0.15, 0.2) is 84.5 Å². The summed E-state index contributed by atoms with van der Waals surface area (Å²) >= 11 is 0. The van der Waals surface area contributed by atoms with Gasteiger partial charge in [0, 0.05) is 0 Å². The fraction of sp³-hybridized carbons (Fsp3) is 0.375. The van der Waals surface area contributed by atoms with Crippen LogP contribution in [0.2, 0.25) is 0 Å². The second-order valence-corrected chi connectivity index (χ2v) is 8.63. The Kier molecular flexibility index (Phi) is 10.5. The molecule has 3 rings (SSSR count). The molecule has 0 heteroatoms. The molecule has 2 aromatic rings. The maximum atomic E-state index is 4.49. The van der Waals surface area contributed by atoms with Gasteiger partial charge in [0.15, 0.2) is 0 Å². The molecule has 0 nitrogen and oxygen atoms in total. The molecule has 0 atom stereocenters. The number of unbranched alkanes of at least 4 members (excludes halogenated alkanes) is 3. The van der Waals surface area contributed by atoms with Gasteiger partial charge in [0.25, 0.3) is 0 Å². The number of hydrogen-bond donors (Lipinski definition) is 0. The van der Waals surface area contributed by atoms with E-state index in [0.717, 1.165) is 24.8 Å². The highest BCUT2D eigenvalue weighted by Gasteiger charge is 2.16. The summed E-state index contributed by atoms with van der Waals surface area (Å²) in [4.78, 5) is 0. The molecule has 0 N–H and O–H groups in total. The minimum absolute atomic E-state index is 0.960. The minimum Gasteiger partial charge on any atom is -0.0952 e. The predicted octanol–water partition coefficient (Wildman–Crippen LogP) is 10.5. The first-order valence-corrected chi connectivity index (χ1v) is 12.4. The van der Waals surface area contributed by atoms with E-state index in [0.29, 0.717) is 0 Å². The predicted molar refractivity (Wildman–Crippen MR) is 147 cm³/mol. The van der Waals surface area contributed by atoms with Crippen LogP contribution in [0, 0.1) is 0 Å². The number of fused-ring (bicyclic) bond motifs is 1. The quantitative estimate of drug-likeness (QED) is 0.291. The molecule has 0 radical (unpaired) electrons. The van der Waals surface area contributed by atoms with Gasteiger partial charge in [0.2, 0.25) is 0 Å². The first-order valence-electron chi connectivity index (χ1n) is 12.4. The molecule has 2 aromatic carbocycles. The van der Waals surface area contributed by atoms with Crippen molar-refractivity contribution >= 4 is 21.9 Å². The molecule has 170 valence electrons. The molecule has 0 amide bonds. The standard InChI is InChI=1S/C26H28.C6H14/c1-6-18(3)23-16-17-24(26-15-11-10-14-25(23)26)20(5)21(7-2)22-13-9-8-12-19(22)4;1-3-5-6-4-2/h7,10-17H,3,5-6,8-9H2,1-2,4H3;3-6H2,1-2H3/b21-7-;. The maximum Gasteiger partial charge on any atom is -0.00993 e. The van der Waals surface area contributed by atoms with Crippen molar-refractivity contribution in [2.24, 2.45) is 0 Å². The van der Waals surface area contributed by atoms with Crippen LogP contribution in [0.4, 0.5) is 0 Å². The molecule has 1 aliphatic carbocycles. The Morgan fingerprint density at radius 1 is 0.844 bits per heavy atom. The van der Waals surface area contributed by atoms with Crippen LogP contribution in [-0.2, 0) is 0 Å². The van der Waals surface area contributed by atoms with Crippen LogP contribution in [0.1, 0.15) is 90.7 Å². The zero-order valence-corrected chi connectivity index (χ0v) is 21.1. The van der Waals surface area contributed by atoms with E-state index < -0.39 is 0 Å². The summed E-state index contributed by atoms with van der Waals surface area (Å²) < 4.78 is 0. The summed E-state index contributed by atoms with van der Waals surface area (Å²) in [6.07, 6.45) is 15.6. The van der Waals surface area contributed by atoms with Gasteiger partial charge in [-0.2, -0.15) is 0 Å². The van der Waals surface area contributed by atoms with Crippen molar-refractivity contribution in [1.82, 2.24) is 0 Å². The van der Waals surface area contributed by atoms with E-state index in [1.165, 1.54) is 69.9 Å². The van der Waals surface area contributed by atoms with Gasteiger partial charge in [-0.15, -0.1) is 0 Å². The number of allylic oxidation sites excluding steroid dienone is 8. The molecular weight excluding hydrogens is 384 g/mol. The molecule has 0 aromatic heterocycles. The molecule has 32 heavy (non-hydrogen) atoms. The average molecular weight is 427 g/mol. The fourth-order valence-electron chi connectivity index (χ4n) is 4.32. The molecule has 0 saturated carbocycles. The molecule has 0 heterocycles. The lowest BCUT2D eigenvalue weighted by Gasteiger charge is -2.20. The Balaban J connectivity index is 0.000000534. The SMILES string of the molecule is C=C(CC)c1ccc(C(=C)/C(=C/C)C2=CCCC=C2C)c2ccccc12.CCCCCC. The van der Waals surface area contributed by atoms with E-state index in [9.17, 15) is 0 Å². The third-order valence-electron chi connectivity index (χ3n) is 6.31. The van der Waals surface area contributed by atoms with E-state index >= 15 is 0 Å². The van der Waals surface area contributed by atoms with E-state index in [4.69, 9.17) is 0 Å². The van der Waals surface area contributed by atoms with Crippen LogP contribution in [-0.4, -0.2) is 0 Å². The number of hydrogen-bond acceptors (Lipinski definition) is 0. The molecule has 0 unspecified atom stereocenters. The first kappa shape index (κ1) is 25.7. The van der Waals surface area contributed by atoms with E-state index in [1.807, 2.05) is 0 Å². The van der Waals surface area contributed by atoms with Crippen LogP contribution in [0.25, 0.3) is 21.9 Å². The summed E-state index contributed by atoms with van der Waals surface area (Å²) in [5.41, 5.74) is 8.65. The van der Waals surface area contributed by atoms with Gasteiger partial charge in [-0.3, -0.25) is 0 Å². The zero-order chi connectivity index (χ0) is 23.5. The molecular formula is C32H42. The van der Waals surface area contributed by atoms with Crippen molar-refractivity contribution in [3.63, 3.8) is 0 Å². The third-order valence-corrected chi connectivity index (χ3v) is 6.31. The van der Waals surface area contributed by atoms with Gasteiger partial charge in [-0.05, 0) is 82.9 Å². The summed E-state index contributed by atoms with van der Waals surface area (Å²) in [6.45, 7) is 19.7. The Morgan fingerprint density at radius 3 is 1.94 bits per heavy atom. The number of benzene rings is 2. The lowest BCUT2D eigenvalue weighted by molar-refractivity contribution is 0.702. The monoisotopic (exact) mass is 426 g/mol. The van der Waals surface area contributed by atoms with Gasteiger partial charge in [-0.25, -0.2) is 0 Å². The largest absolute Gasteiger partial charge is 0.0952 e. The smallest absolute Gasteiger partial charge is 0.00993 e. The summed E-state index contributed by atoms with van der Waals surface area (Å²) in [5, 5.41) is 2.51. The van der Waals surface area contributed by atoms with Crippen molar-refractivity contribution in [2.75, 3.05) is 0 Å². The van der Waals surface area contributed by atoms with Crippen molar-refractivity contribution in [1.29, 1.82) is 0 Å². The Morgan fingerprint density at radius 2 is 1.41 bits per heavy atom. The highest BCUT2D eigenvalue weighted by Crippen LogP contribution is 2.38. The Labute approximate surface area is 197 Å². The normalized spacial score (nSPS) is 13.7. The molecule has 0 fully saturated rings. The van der Waals surface area contributed by atoms with Crippen LogP contribution in [0.5, 0.6) is 0 Å². The first-order chi connectivity index (χ1) is 15.5. The van der Waals surface area contributed by atoms with Gasteiger partial charge < -0.3 is 0 Å². The van der Waals surface area contributed by atoms with Crippen molar-refractivity contribution < 1.29 is 0 Å². The molecule has 0 saturated heterocycles. The maximum absolute atomic E-state index is 4.49. The topological polar surface area (TPSA) is 0 Å². The molecule has 0 bridgehead atoms. The zero-order valence-electron chi connectivity index (χ0n) is 21.1. The van der Waals surface area contributed by atoms with Crippen LogP contribution >= 0.6 is 0 Å². The lowest BCUT2D eigenvalue weighted by Crippen LogP contribution is -2.00. The Hall–Kier alpha value is -2.60. The molecule has 0 aliphatic heterocycles. The van der Waals surface area contributed by atoms with Gasteiger partial charge in [0.1, 0.15) is 0 Å². The highest BCUT2D eigenvalue weighted by molar-refractivity contribution is 6.03. The fourth-order valence-corrected chi connectivity index (χ4v) is 4.32. The second kappa shape index (κ2) is 13.1. The van der Waals surface area contributed by atoms with Crippen LogP contribution < -0.4 is 0 Å². The second-order valence-electron chi connectivity index (χ2n) is 8.63. The van der Waals surface area contributed by atoms with Gasteiger partial charge in [0.05, 0.1) is 0 Å². The minimum atomic E-state index is 0.960. The van der Waals surface area contributed by atoms with E-state index in [1.54, 1.807) is 0 Å². The highest BCUT2D eigenvalue weighted by atomic mass is 14.2. The van der Waals surface area contributed by atoms with E-state index in [2.05, 4.69) is 102 Å².